The van der Waals surface area contributed by atoms with Gasteiger partial charge in [-0.2, -0.15) is 13.2 Å². The summed E-state index contributed by atoms with van der Waals surface area (Å²) in [6.45, 7) is -0.412. The Hall–Kier alpha value is -4.45. The highest BCUT2D eigenvalue weighted by molar-refractivity contribution is 7.21. The van der Waals surface area contributed by atoms with E-state index in [1.54, 1.807) is 36.4 Å². The van der Waals surface area contributed by atoms with Gasteiger partial charge < -0.3 is 29.4 Å². The number of alkyl halides is 3. The summed E-state index contributed by atoms with van der Waals surface area (Å²) in [5.74, 6) is 1.15. The second-order valence-electron chi connectivity index (χ2n) is 8.35. The number of carbonyl (C=O) groups is 1. The summed E-state index contributed by atoms with van der Waals surface area (Å²) in [4.78, 5) is 16.0. The van der Waals surface area contributed by atoms with Crippen LogP contribution in [-0.2, 0) is 11.0 Å². The van der Waals surface area contributed by atoms with Gasteiger partial charge >= 0.3 is 6.18 Å². The van der Waals surface area contributed by atoms with Crippen LogP contribution in [0.15, 0.2) is 42.5 Å². The lowest BCUT2D eigenvalue weighted by molar-refractivity contribution is -0.137. The number of methoxy groups -OCH3 is 4. The molecule has 4 rings (SSSR count). The fraction of sp³-hybridized carbons (Fsp3) is 0.214. The highest BCUT2D eigenvalue weighted by Gasteiger charge is 2.31. The van der Waals surface area contributed by atoms with Gasteiger partial charge in [-0.15, -0.1) is 11.3 Å². The number of hydrogen-bond donors (Lipinski definition) is 1. The smallest absolute Gasteiger partial charge is 0.416 e. The van der Waals surface area contributed by atoms with Crippen molar-refractivity contribution in [2.45, 2.75) is 6.18 Å². The van der Waals surface area contributed by atoms with E-state index >= 15 is 0 Å². The zero-order chi connectivity index (χ0) is 29.0. The molecule has 0 aliphatic rings. The molecular formula is C28H25F3N2O6S. The first-order valence-electron chi connectivity index (χ1n) is 11.7. The van der Waals surface area contributed by atoms with Crippen LogP contribution in [0.3, 0.4) is 0 Å². The van der Waals surface area contributed by atoms with Crippen molar-refractivity contribution in [2.24, 2.45) is 5.73 Å². The first kappa shape index (κ1) is 28.6. The Labute approximate surface area is 231 Å². The molecule has 8 nitrogen and oxygen atoms in total. The Kier molecular flexibility index (Phi) is 8.38. The highest BCUT2D eigenvalue weighted by Crippen LogP contribution is 2.44. The molecule has 0 fully saturated rings. The Morgan fingerprint density at radius 1 is 0.875 bits per heavy atom. The van der Waals surface area contributed by atoms with Gasteiger partial charge in [0.25, 0.3) is 5.91 Å². The first-order valence-corrected chi connectivity index (χ1v) is 12.5. The van der Waals surface area contributed by atoms with Crippen molar-refractivity contribution in [3.63, 3.8) is 0 Å². The quantitative estimate of drug-likeness (QED) is 0.230. The third-order valence-corrected chi connectivity index (χ3v) is 6.80. The normalized spacial score (nSPS) is 11.6. The summed E-state index contributed by atoms with van der Waals surface area (Å²) in [6, 6.07) is 10.3. The Bertz CT molecular complexity index is 1560. The van der Waals surface area contributed by atoms with Gasteiger partial charge in [0.05, 0.1) is 49.8 Å². The number of thiazole rings is 1. The number of nitrogens with zero attached hydrogens (tertiary/aromatic N) is 1. The fourth-order valence-electron chi connectivity index (χ4n) is 3.95. The number of amides is 1. The van der Waals surface area contributed by atoms with Crippen molar-refractivity contribution in [2.75, 3.05) is 35.0 Å². The standard InChI is InChI=1S/C28H25F3N2O6S/c1-35-20-10-16(11-21(36-2)26(20)38-4)6-5-15-9-18(25(37-3)22(12-15)39-14-24(32)34)27-33-19-8-7-17(28(29,30)31)13-23(19)40-27/h5-13H,14H2,1-4H3,(H2,32,34). The largest absolute Gasteiger partial charge is 0.493 e. The molecule has 40 heavy (non-hydrogen) atoms. The van der Waals surface area contributed by atoms with Gasteiger partial charge in [0.15, 0.2) is 29.6 Å². The molecule has 0 aliphatic heterocycles. The van der Waals surface area contributed by atoms with Crippen molar-refractivity contribution in [1.29, 1.82) is 0 Å². The van der Waals surface area contributed by atoms with Crippen LogP contribution in [0, 0.1) is 0 Å². The second kappa shape index (κ2) is 11.7. The van der Waals surface area contributed by atoms with E-state index < -0.39 is 24.3 Å². The van der Waals surface area contributed by atoms with Crippen LogP contribution in [0.5, 0.6) is 28.7 Å². The van der Waals surface area contributed by atoms with Crippen LogP contribution >= 0.6 is 11.3 Å². The molecule has 1 heterocycles. The summed E-state index contributed by atoms with van der Waals surface area (Å²) < 4.78 is 67.5. The zero-order valence-corrected chi connectivity index (χ0v) is 22.7. The number of ether oxygens (including phenoxy) is 5. The van der Waals surface area contributed by atoms with Crippen LogP contribution in [0.2, 0.25) is 0 Å². The molecule has 0 atom stereocenters. The van der Waals surface area contributed by atoms with Gasteiger partial charge in [-0.25, -0.2) is 4.98 Å². The summed E-state index contributed by atoms with van der Waals surface area (Å²) in [5, 5.41) is 0.401. The molecule has 0 aliphatic carbocycles. The van der Waals surface area contributed by atoms with E-state index in [1.165, 1.54) is 34.5 Å². The van der Waals surface area contributed by atoms with Crippen molar-refractivity contribution < 1.29 is 41.7 Å². The van der Waals surface area contributed by atoms with E-state index in [9.17, 15) is 18.0 Å². The lowest BCUT2D eigenvalue weighted by atomic mass is 10.1. The SMILES string of the molecule is COc1cc(C=Cc2cc(OCC(N)=O)c(OC)c(-c3nc4ccc(C(F)(F)F)cc4s3)c2)cc(OC)c1OC. The minimum Gasteiger partial charge on any atom is -0.493 e. The van der Waals surface area contributed by atoms with Crippen molar-refractivity contribution in [3.05, 3.63) is 59.2 Å². The third-order valence-electron chi connectivity index (χ3n) is 5.75. The predicted octanol–water partition coefficient (Wildman–Crippen LogP) is 6.05. The number of aromatic nitrogens is 1. The molecule has 0 bridgehead atoms. The number of fused-ring (bicyclic) bond motifs is 1. The van der Waals surface area contributed by atoms with Crippen LogP contribution < -0.4 is 29.4 Å². The van der Waals surface area contributed by atoms with Crippen molar-refractivity contribution >= 4 is 39.6 Å². The third kappa shape index (κ3) is 6.07. The Morgan fingerprint density at radius 3 is 2.02 bits per heavy atom. The van der Waals surface area contributed by atoms with Crippen LogP contribution in [0.25, 0.3) is 32.9 Å². The molecule has 0 saturated heterocycles. The summed E-state index contributed by atoms with van der Waals surface area (Å²) in [5.41, 5.74) is 6.72. The number of primary amides is 1. The highest BCUT2D eigenvalue weighted by atomic mass is 32.1. The number of nitrogens with two attached hydrogens (primary N) is 1. The van der Waals surface area contributed by atoms with Gasteiger partial charge in [0, 0.05) is 0 Å². The molecule has 0 spiro atoms. The second-order valence-corrected chi connectivity index (χ2v) is 9.38. The maximum Gasteiger partial charge on any atom is 0.416 e. The Balaban J connectivity index is 1.83. The Morgan fingerprint density at radius 2 is 1.48 bits per heavy atom. The predicted molar refractivity (Wildman–Crippen MR) is 146 cm³/mol. The number of halogens is 3. The molecule has 4 aromatic rings. The summed E-state index contributed by atoms with van der Waals surface area (Å²) in [7, 11) is 5.95. The molecule has 1 aromatic heterocycles. The van der Waals surface area contributed by atoms with Gasteiger partial charge in [-0.1, -0.05) is 12.2 Å². The van der Waals surface area contributed by atoms with Crippen LogP contribution in [-0.4, -0.2) is 45.9 Å². The van der Waals surface area contributed by atoms with Gasteiger partial charge in [0.2, 0.25) is 5.75 Å². The number of hydrogen-bond acceptors (Lipinski definition) is 8. The number of benzene rings is 3. The van der Waals surface area contributed by atoms with Crippen molar-refractivity contribution in [3.8, 4) is 39.3 Å². The van der Waals surface area contributed by atoms with Crippen LogP contribution in [0.1, 0.15) is 16.7 Å². The van der Waals surface area contributed by atoms with Gasteiger partial charge in [-0.3, -0.25) is 4.79 Å². The molecule has 3 aromatic carbocycles. The molecular weight excluding hydrogens is 549 g/mol. The van der Waals surface area contributed by atoms with E-state index in [4.69, 9.17) is 29.4 Å². The average Bonchev–Trinajstić information content (AvgIpc) is 3.37. The van der Waals surface area contributed by atoms with E-state index in [1.807, 2.05) is 0 Å². The minimum atomic E-state index is -4.48. The average molecular weight is 575 g/mol. The number of rotatable bonds is 10. The first-order chi connectivity index (χ1) is 19.1. The fourth-order valence-corrected chi connectivity index (χ4v) is 4.97. The molecule has 12 heteroatoms. The molecule has 1 amide bonds. The zero-order valence-electron chi connectivity index (χ0n) is 21.9. The monoisotopic (exact) mass is 574 g/mol. The maximum atomic E-state index is 13.3. The van der Waals surface area contributed by atoms with E-state index in [2.05, 4.69) is 4.98 Å². The van der Waals surface area contributed by atoms with Crippen molar-refractivity contribution in [1.82, 2.24) is 4.98 Å². The minimum absolute atomic E-state index is 0.207. The molecule has 0 unspecified atom stereocenters. The molecule has 210 valence electrons. The maximum absolute atomic E-state index is 13.3. The summed E-state index contributed by atoms with van der Waals surface area (Å²) in [6.07, 6.45) is -0.916. The number of carbonyl (C=O) groups excluding carboxylic acids is 1. The molecule has 0 saturated carbocycles. The van der Waals surface area contributed by atoms with E-state index in [0.29, 0.717) is 43.6 Å². The molecule has 2 N–H and O–H groups in total. The lowest BCUT2D eigenvalue weighted by Gasteiger charge is -2.14. The molecule has 0 radical (unpaired) electrons. The van der Waals surface area contributed by atoms with E-state index in [-0.39, 0.29) is 11.5 Å². The van der Waals surface area contributed by atoms with Gasteiger partial charge in [0.1, 0.15) is 5.01 Å². The van der Waals surface area contributed by atoms with E-state index in [0.717, 1.165) is 29.0 Å². The summed E-state index contributed by atoms with van der Waals surface area (Å²) >= 11 is 1.07. The lowest BCUT2D eigenvalue weighted by Crippen LogP contribution is -2.20. The van der Waals surface area contributed by atoms with Gasteiger partial charge in [-0.05, 0) is 53.6 Å². The van der Waals surface area contributed by atoms with Crippen LogP contribution in [0.4, 0.5) is 13.2 Å². The topological polar surface area (TPSA) is 102 Å².